The summed E-state index contributed by atoms with van der Waals surface area (Å²) in [6, 6.07) is 3.30. The Morgan fingerprint density at radius 2 is 2.00 bits per heavy atom. The number of hydrogen-bond donors (Lipinski definition) is 1. The zero-order valence-electron chi connectivity index (χ0n) is 8.21. The number of nitrogens with zero attached hydrogens (tertiary/aromatic N) is 3. The van der Waals surface area contributed by atoms with Crippen molar-refractivity contribution in [2.24, 2.45) is 0 Å². The number of alkyl halides is 3. The Morgan fingerprint density at radius 3 is 2.50 bits per heavy atom. The zero-order valence-corrected chi connectivity index (χ0v) is 8.21. The van der Waals surface area contributed by atoms with Crippen LogP contribution in [-0.4, -0.2) is 20.2 Å². The van der Waals surface area contributed by atoms with Crippen LogP contribution in [0.5, 0.6) is 0 Å². The van der Waals surface area contributed by atoms with Crippen LogP contribution in [-0.2, 0) is 6.18 Å². The molecular weight excluding hydrogens is 221 g/mol. The Hall–Kier alpha value is -1.92. The van der Waals surface area contributed by atoms with Gasteiger partial charge in [0.05, 0.1) is 0 Å². The van der Waals surface area contributed by atoms with Gasteiger partial charge in [0.25, 0.3) is 0 Å². The molecule has 0 saturated carbocycles. The smallest absolute Gasteiger partial charge is 0.255 e. The summed E-state index contributed by atoms with van der Waals surface area (Å²) in [6.07, 6.45) is -2.98. The highest BCUT2D eigenvalue weighted by atomic mass is 19.4. The van der Waals surface area contributed by atoms with E-state index in [1.54, 1.807) is 18.3 Å². The second-order valence-electron chi connectivity index (χ2n) is 3.23. The monoisotopic (exact) mass is 228 g/mol. The molecule has 0 atom stereocenters. The maximum atomic E-state index is 12.2. The number of H-pyrrole nitrogens is 1. The lowest BCUT2D eigenvalue weighted by Gasteiger charge is -1.98. The standard InChI is InChI=1S/C9H7F3N4/c1-5-2-3-6(13-4-5)7-14-8(16-15-7)9(10,11)12/h2-4H,1H3,(H,14,15,16). The molecule has 0 aliphatic rings. The number of halogens is 3. The molecule has 2 aromatic heterocycles. The van der Waals surface area contributed by atoms with Gasteiger partial charge in [-0.2, -0.15) is 18.3 Å². The predicted molar refractivity (Wildman–Crippen MR) is 49.4 cm³/mol. The van der Waals surface area contributed by atoms with E-state index >= 15 is 0 Å². The van der Waals surface area contributed by atoms with Crippen molar-refractivity contribution in [1.82, 2.24) is 20.2 Å². The highest BCUT2D eigenvalue weighted by Gasteiger charge is 2.35. The van der Waals surface area contributed by atoms with Gasteiger partial charge in [0.15, 0.2) is 5.82 Å². The van der Waals surface area contributed by atoms with Gasteiger partial charge in [-0.1, -0.05) is 6.07 Å². The number of aromatic nitrogens is 4. The average molecular weight is 228 g/mol. The number of hydrogen-bond acceptors (Lipinski definition) is 3. The molecule has 2 heterocycles. The average Bonchev–Trinajstić information content (AvgIpc) is 2.67. The number of nitrogens with one attached hydrogen (secondary N) is 1. The Kier molecular flexibility index (Phi) is 2.37. The van der Waals surface area contributed by atoms with E-state index in [0.717, 1.165) is 5.56 Å². The van der Waals surface area contributed by atoms with Crippen LogP contribution in [0.2, 0.25) is 0 Å². The largest absolute Gasteiger partial charge is 0.451 e. The predicted octanol–water partition coefficient (Wildman–Crippen LogP) is 2.19. The third kappa shape index (κ3) is 2.02. The summed E-state index contributed by atoms with van der Waals surface area (Å²) in [4.78, 5) is 7.26. The summed E-state index contributed by atoms with van der Waals surface area (Å²) in [5.41, 5.74) is 1.22. The molecule has 2 aromatic rings. The molecule has 0 radical (unpaired) electrons. The van der Waals surface area contributed by atoms with E-state index < -0.39 is 12.0 Å². The molecule has 0 unspecified atom stereocenters. The van der Waals surface area contributed by atoms with Gasteiger partial charge in [0.1, 0.15) is 5.69 Å². The molecule has 0 aliphatic carbocycles. The van der Waals surface area contributed by atoms with E-state index in [1.165, 1.54) is 0 Å². The maximum absolute atomic E-state index is 12.2. The number of rotatable bonds is 1. The van der Waals surface area contributed by atoms with Gasteiger partial charge in [0.2, 0.25) is 5.82 Å². The van der Waals surface area contributed by atoms with Gasteiger partial charge >= 0.3 is 6.18 Å². The molecule has 0 bridgehead atoms. The lowest BCUT2D eigenvalue weighted by molar-refractivity contribution is -0.144. The Balaban J connectivity index is 2.35. The van der Waals surface area contributed by atoms with Crippen molar-refractivity contribution in [1.29, 1.82) is 0 Å². The number of pyridine rings is 1. The molecule has 0 fully saturated rings. The Bertz CT molecular complexity index is 486. The summed E-state index contributed by atoms with van der Waals surface area (Å²) >= 11 is 0. The van der Waals surface area contributed by atoms with Crippen LogP contribution in [0.4, 0.5) is 13.2 Å². The van der Waals surface area contributed by atoms with Crippen LogP contribution in [0.25, 0.3) is 11.5 Å². The second-order valence-corrected chi connectivity index (χ2v) is 3.23. The van der Waals surface area contributed by atoms with Crippen molar-refractivity contribution in [3.8, 4) is 11.5 Å². The molecule has 7 heteroatoms. The lowest BCUT2D eigenvalue weighted by Crippen LogP contribution is -2.07. The van der Waals surface area contributed by atoms with Gasteiger partial charge in [-0.25, -0.2) is 4.98 Å². The van der Waals surface area contributed by atoms with Gasteiger partial charge in [-0.05, 0) is 18.6 Å². The van der Waals surface area contributed by atoms with Gasteiger partial charge in [-0.15, -0.1) is 0 Å². The third-order valence-electron chi connectivity index (χ3n) is 1.89. The van der Waals surface area contributed by atoms with Crippen molar-refractivity contribution in [3.05, 3.63) is 29.7 Å². The van der Waals surface area contributed by atoms with E-state index in [9.17, 15) is 13.2 Å². The highest BCUT2D eigenvalue weighted by molar-refractivity contribution is 5.48. The first-order chi connectivity index (χ1) is 7.47. The zero-order chi connectivity index (χ0) is 11.8. The van der Waals surface area contributed by atoms with Gasteiger partial charge in [-0.3, -0.25) is 10.1 Å². The summed E-state index contributed by atoms with van der Waals surface area (Å²) in [6.45, 7) is 1.83. The topological polar surface area (TPSA) is 54.5 Å². The van der Waals surface area contributed by atoms with Crippen LogP contribution < -0.4 is 0 Å². The van der Waals surface area contributed by atoms with Crippen molar-refractivity contribution in [3.63, 3.8) is 0 Å². The van der Waals surface area contributed by atoms with Crippen LogP contribution in [0.3, 0.4) is 0 Å². The molecule has 0 spiro atoms. The second kappa shape index (κ2) is 3.58. The van der Waals surface area contributed by atoms with Crippen molar-refractivity contribution in [2.45, 2.75) is 13.1 Å². The molecular formula is C9H7F3N4. The molecule has 0 aromatic carbocycles. The van der Waals surface area contributed by atoms with Gasteiger partial charge in [0, 0.05) is 6.20 Å². The molecule has 4 nitrogen and oxygen atoms in total. The SMILES string of the molecule is Cc1ccc(-c2n[nH]c(C(F)(F)F)n2)nc1. The van der Waals surface area contributed by atoms with Crippen LogP contribution in [0.15, 0.2) is 18.3 Å². The summed E-state index contributed by atoms with van der Waals surface area (Å²) in [5.74, 6) is -1.18. The molecule has 1 N–H and O–H groups in total. The first-order valence-corrected chi connectivity index (χ1v) is 4.39. The minimum Gasteiger partial charge on any atom is -0.255 e. The van der Waals surface area contributed by atoms with Crippen molar-refractivity contribution in [2.75, 3.05) is 0 Å². The Labute approximate surface area is 88.6 Å². The van der Waals surface area contributed by atoms with Crippen LogP contribution in [0, 0.1) is 6.92 Å². The summed E-state index contributed by atoms with van der Waals surface area (Å²) < 4.78 is 36.7. The quantitative estimate of drug-likeness (QED) is 0.813. The fourth-order valence-corrected chi connectivity index (χ4v) is 1.10. The molecule has 0 amide bonds. The van der Waals surface area contributed by atoms with E-state index in [2.05, 4.69) is 15.1 Å². The van der Waals surface area contributed by atoms with E-state index in [0.29, 0.717) is 5.69 Å². The van der Waals surface area contributed by atoms with Crippen molar-refractivity contribution >= 4 is 0 Å². The molecule has 84 valence electrons. The first kappa shape index (κ1) is 10.6. The first-order valence-electron chi connectivity index (χ1n) is 4.39. The number of aryl methyl sites for hydroxylation is 1. The highest BCUT2D eigenvalue weighted by Crippen LogP contribution is 2.26. The molecule has 2 rings (SSSR count). The van der Waals surface area contributed by atoms with Crippen LogP contribution in [0.1, 0.15) is 11.4 Å². The van der Waals surface area contributed by atoms with E-state index in [-0.39, 0.29) is 5.82 Å². The van der Waals surface area contributed by atoms with Gasteiger partial charge < -0.3 is 0 Å². The third-order valence-corrected chi connectivity index (χ3v) is 1.89. The Morgan fingerprint density at radius 1 is 1.25 bits per heavy atom. The summed E-state index contributed by atoms with van der Waals surface area (Å²) in [7, 11) is 0. The molecule has 16 heavy (non-hydrogen) atoms. The molecule has 0 aliphatic heterocycles. The van der Waals surface area contributed by atoms with Crippen LogP contribution >= 0.6 is 0 Å². The minimum atomic E-state index is -4.52. The lowest BCUT2D eigenvalue weighted by atomic mass is 10.3. The normalized spacial score (nSPS) is 11.8. The van der Waals surface area contributed by atoms with E-state index in [1.807, 2.05) is 12.0 Å². The van der Waals surface area contributed by atoms with E-state index in [4.69, 9.17) is 0 Å². The maximum Gasteiger partial charge on any atom is 0.451 e. The fraction of sp³-hybridized carbons (Fsp3) is 0.222. The summed E-state index contributed by atoms with van der Waals surface area (Å²) in [5, 5.41) is 5.30. The fourth-order valence-electron chi connectivity index (χ4n) is 1.10. The van der Waals surface area contributed by atoms with Crippen molar-refractivity contribution < 1.29 is 13.2 Å². The minimum absolute atomic E-state index is 0.0627. The molecule has 0 saturated heterocycles. The number of aromatic amines is 1.